The quantitative estimate of drug-likeness (QED) is 0.745. The Morgan fingerprint density at radius 3 is 2.33 bits per heavy atom. The average Bonchev–Trinajstić information content (AvgIpc) is 2.66. The van der Waals surface area contributed by atoms with Gasteiger partial charge in [0.1, 0.15) is 0 Å². The van der Waals surface area contributed by atoms with E-state index in [1.54, 1.807) is 6.20 Å². The second-order valence-electron chi connectivity index (χ2n) is 5.08. The number of aromatic nitrogens is 1. The molecular weight excluding hydrogens is 228 g/mol. The number of rotatable bonds is 2. The van der Waals surface area contributed by atoms with E-state index in [0.29, 0.717) is 6.54 Å². The lowest BCUT2D eigenvalue weighted by atomic mass is 9.81. The van der Waals surface area contributed by atoms with Gasteiger partial charge in [0.2, 0.25) is 11.8 Å². The zero-order valence-corrected chi connectivity index (χ0v) is 10.2. The van der Waals surface area contributed by atoms with Crippen molar-refractivity contribution in [3.63, 3.8) is 0 Å². The predicted octanol–water partition coefficient (Wildman–Crippen LogP) is 1.76. The summed E-state index contributed by atoms with van der Waals surface area (Å²) < 4.78 is 0. The molecule has 1 saturated heterocycles. The first-order chi connectivity index (χ1) is 8.77. The van der Waals surface area contributed by atoms with Crippen molar-refractivity contribution in [3.8, 4) is 0 Å². The first kappa shape index (κ1) is 11.4. The smallest absolute Gasteiger partial charge is 0.233 e. The van der Waals surface area contributed by atoms with Gasteiger partial charge in [-0.1, -0.05) is 18.9 Å². The monoisotopic (exact) mass is 244 g/mol. The molecule has 1 aromatic rings. The van der Waals surface area contributed by atoms with Crippen LogP contribution in [0.25, 0.3) is 0 Å². The Morgan fingerprint density at radius 1 is 1.11 bits per heavy atom. The zero-order valence-electron chi connectivity index (χ0n) is 10.2. The van der Waals surface area contributed by atoms with E-state index in [-0.39, 0.29) is 23.7 Å². The van der Waals surface area contributed by atoms with Gasteiger partial charge in [-0.15, -0.1) is 0 Å². The van der Waals surface area contributed by atoms with Crippen molar-refractivity contribution in [2.75, 3.05) is 0 Å². The summed E-state index contributed by atoms with van der Waals surface area (Å²) in [5, 5.41) is 0. The van der Waals surface area contributed by atoms with Gasteiger partial charge >= 0.3 is 0 Å². The maximum atomic E-state index is 12.2. The molecule has 3 rings (SSSR count). The fraction of sp³-hybridized carbons (Fsp3) is 0.500. The standard InChI is InChI=1S/C14H16N2O2/c17-13-11-6-1-2-7-12(11)14(18)16(13)9-10-5-3-4-8-15-10/h3-5,8,11-12H,1-2,6-7,9H2/t11-,12-/m0/s1. The van der Waals surface area contributed by atoms with E-state index in [2.05, 4.69) is 4.98 Å². The first-order valence-corrected chi connectivity index (χ1v) is 6.52. The van der Waals surface area contributed by atoms with Crippen molar-refractivity contribution in [3.05, 3.63) is 30.1 Å². The van der Waals surface area contributed by atoms with E-state index < -0.39 is 0 Å². The molecule has 0 bridgehead atoms. The third-order valence-corrected chi connectivity index (χ3v) is 3.98. The molecule has 1 saturated carbocycles. The summed E-state index contributed by atoms with van der Waals surface area (Å²) >= 11 is 0. The van der Waals surface area contributed by atoms with E-state index in [1.165, 1.54) is 4.90 Å². The molecule has 1 aliphatic heterocycles. The number of carbonyl (C=O) groups is 2. The van der Waals surface area contributed by atoms with Crippen LogP contribution < -0.4 is 0 Å². The minimum atomic E-state index is -0.0602. The first-order valence-electron chi connectivity index (χ1n) is 6.52. The van der Waals surface area contributed by atoms with Crippen molar-refractivity contribution in [2.45, 2.75) is 32.2 Å². The van der Waals surface area contributed by atoms with E-state index in [0.717, 1.165) is 31.4 Å². The number of hydrogen-bond donors (Lipinski definition) is 0. The third-order valence-electron chi connectivity index (χ3n) is 3.98. The fourth-order valence-corrected chi connectivity index (χ4v) is 3.04. The van der Waals surface area contributed by atoms with Crippen molar-refractivity contribution in [1.29, 1.82) is 0 Å². The molecule has 2 atom stereocenters. The summed E-state index contributed by atoms with van der Waals surface area (Å²) in [6, 6.07) is 5.56. The number of carbonyl (C=O) groups excluding carboxylic acids is 2. The second kappa shape index (κ2) is 4.52. The van der Waals surface area contributed by atoms with Gasteiger partial charge in [0.25, 0.3) is 0 Å². The van der Waals surface area contributed by atoms with E-state index >= 15 is 0 Å². The highest BCUT2D eigenvalue weighted by Crippen LogP contribution is 2.38. The molecule has 2 aliphatic rings. The Balaban J connectivity index is 1.80. The Hall–Kier alpha value is -1.71. The average molecular weight is 244 g/mol. The highest BCUT2D eigenvalue weighted by molar-refractivity contribution is 6.05. The lowest BCUT2D eigenvalue weighted by Crippen LogP contribution is -2.30. The van der Waals surface area contributed by atoms with E-state index in [4.69, 9.17) is 0 Å². The number of nitrogens with zero attached hydrogens (tertiary/aromatic N) is 2. The van der Waals surface area contributed by atoms with Crippen molar-refractivity contribution >= 4 is 11.8 Å². The van der Waals surface area contributed by atoms with Crippen LogP contribution in [0, 0.1) is 11.8 Å². The second-order valence-corrected chi connectivity index (χ2v) is 5.08. The van der Waals surface area contributed by atoms with Crippen LogP contribution in [-0.2, 0) is 16.1 Å². The van der Waals surface area contributed by atoms with Gasteiger partial charge in [-0.3, -0.25) is 19.5 Å². The number of fused-ring (bicyclic) bond motifs is 1. The molecule has 2 heterocycles. The molecule has 0 unspecified atom stereocenters. The summed E-state index contributed by atoms with van der Waals surface area (Å²) in [7, 11) is 0. The third kappa shape index (κ3) is 1.82. The van der Waals surface area contributed by atoms with Gasteiger partial charge in [-0.05, 0) is 25.0 Å². The van der Waals surface area contributed by atoms with Crippen LogP contribution in [0.3, 0.4) is 0 Å². The molecule has 0 aromatic carbocycles. The number of likely N-dealkylation sites (tertiary alicyclic amines) is 1. The normalized spacial score (nSPS) is 27.4. The van der Waals surface area contributed by atoms with Crippen LogP contribution in [0.4, 0.5) is 0 Å². The van der Waals surface area contributed by atoms with Crippen molar-refractivity contribution in [1.82, 2.24) is 9.88 Å². The maximum absolute atomic E-state index is 12.2. The lowest BCUT2D eigenvalue weighted by Gasteiger charge is -2.19. The highest BCUT2D eigenvalue weighted by atomic mass is 16.2. The molecule has 2 amide bonds. The topological polar surface area (TPSA) is 50.3 Å². The van der Waals surface area contributed by atoms with Crippen LogP contribution in [0.1, 0.15) is 31.4 Å². The number of hydrogen-bond acceptors (Lipinski definition) is 3. The van der Waals surface area contributed by atoms with Gasteiger partial charge in [-0.2, -0.15) is 0 Å². The summed E-state index contributed by atoms with van der Waals surface area (Å²) in [4.78, 5) is 30.1. The van der Waals surface area contributed by atoms with Crippen LogP contribution in [0.15, 0.2) is 24.4 Å². The number of imide groups is 1. The Labute approximate surface area is 106 Å². The van der Waals surface area contributed by atoms with E-state index in [1.807, 2.05) is 18.2 Å². The van der Waals surface area contributed by atoms with Crippen LogP contribution in [0.5, 0.6) is 0 Å². The molecule has 4 nitrogen and oxygen atoms in total. The van der Waals surface area contributed by atoms with Crippen molar-refractivity contribution in [2.24, 2.45) is 11.8 Å². The summed E-state index contributed by atoms with van der Waals surface area (Å²) in [5.74, 6) is -0.101. The van der Waals surface area contributed by atoms with Crippen LogP contribution >= 0.6 is 0 Å². The molecule has 94 valence electrons. The Bertz CT molecular complexity index is 448. The van der Waals surface area contributed by atoms with Crippen LogP contribution in [-0.4, -0.2) is 21.7 Å². The minimum absolute atomic E-state index is 0.00959. The van der Waals surface area contributed by atoms with Gasteiger partial charge in [0.05, 0.1) is 24.1 Å². The molecular formula is C14H16N2O2. The highest BCUT2D eigenvalue weighted by Gasteiger charge is 2.47. The minimum Gasteiger partial charge on any atom is -0.276 e. The Morgan fingerprint density at radius 2 is 1.78 bits per heavy atom. The lowest BCUT2D eigenvalue weighted by molar-refractivity contribution is -0.140. The molecule has 0 spiro atoms. The predicted molar refractivity (Wildman–Crippen MR) is 65.2 cm³/mol. The SMILES string of the molecule is O=C1[C@H]2CCCC[C@@H]2C(=O)N1Cc1ccccn1. The molecule has 18 heavy (non-hydrogen) atoms. The van der Waals surface area contributed by atoms with Gasteiger partial charge in [0, 0.05) is 6.20 Å². The number of pyridine rings is 1. The maximum Gasteiger partial charge on any atom is 0.233 e. The van der Waals surface area contributed by atoms with Crippen molar-refractivity contribution < 1.29 is 9.59 Å². The fourth-order valence-electron chi connectivity index (χ4n) is 3.04. The van der Waals surface area contributed by atoms with Gasteiger partial charge < -0.3 is 0 Å². The molecule has 1 aromatic heterocycles. The summed E-state index contributed by atoms with van der Waals surface area (Å²) in [6.07, 6.45) is 5.56. The van der Waals surface area contributed by atoms with E-state index in [9.17, 15) is 9.59 Å². The number of amides is 2. The molecule has 0 radical (unpaired) electrons. The van der Waals surface area contributed by atoms with Gasteiger partial charge in [-0.25, -0.2) is 0 Å². The molecule has 4 heteroatoms. The van der Waals surface area contributed by atoms with Crippen LogP contribution in [0.2, 0.25) is 0 Å². The molecule has 1 aliphatic carbocycles. The van der Waals surface area contributed by atoms with Gasteiger partial charge in [0.15, 0.2) is 0 Å². The summed E-state index contributed by atoms with van der Waals surface area (Å²) in [5.41, 5.74) is 0.776. The zero-order chi connectivity index (χ0) is 12.5. The summed E-state index contributed by atoms with van der Waals surface area (Å²) in [6.45, 7) is 0.325. The largest absolute Gasteiger partial charge is 0.276 e. The molecule has 2 fully saturated rings. The molecule has 0 N–H and O–H groups in total. The Kier molecular flexibility index (Phi) is 2.86.